The smallest absolute Gasteiger partial charge is 0.244 e. The first-order valence-corrected chi connectivity index (χ1v) is 7.56. The maximum atomic E-state index is 12.1. The number of hydrogen-bond donors (Lipinski definition) is 2. The molecular formula is C18H26N2O. The van der Waals surface area contributed by atoms with E-state index in [0.29, 0.717) is 6.54 Å². The molecule has 1 aromatic carbocycles. The van der Waals surface area contributed by atoms with Gasteiger partial charge in [0.05, 0.1) is 0 Å². The Morgan fingerprint density at radius 2 is 1.71 bits per heavy atom. The maximum Gasteiger partial charge on any atom is 0.244 e. The van der Waals surface area contributed by atoms with Gasteiger partial charge >= 0.3 is 0 Å². The normalized spacial score (nSPS) is 19.9. The fourth-order valence-corrected chi connectivity index (χ4v) is 3.33. The number of amides is 1. The van der Waals surface area contributed by atoms with Crippen molar-refractivity contribution in [2.24, 2.45) is 0 Å². The Morgan fingerprint density at radius 3 is 2.29 bits per heavy atom. The van der Waals surface area contributed by atoms with Gasteiger partial charge in [0.1, 0.15) is 0 Å². The predicted octanol–water partition coefficient (Wildman–Crippen LogP) is 3.17. The topological polar surface area (TPSA) is 41.1 Å². The van der Waals surface area contributed by atoms with Gasteiger partial charge in [-0.05, 0) is 46.1 Å². The molecule has 114 valence electrons. The molecule has 1 amide bonds. The van der Waals surface area contributed by atoms with Crippen molar-refractivity contribution in [1.29, 1.82) is 0 Å². The lowest BCUT2D eigenvalue weighted by Gasteiger charge is -2.43. The number of benzene rings is 1. The minimum atomic E-state index is 0.00218. The molecule has 1 fully saturated rings. The molecule has 1 aromatic rings. The summed E-state index contributed by atoms with van der Waals surface area (Å²) in [4.78, 5) is 12.1. The maximum absolute atomic E-state index is 12.1. The van der Waals surface area contributed by atoms with E-state index in [-0.39, 0.29) is 17.0 Å². The van der Waals surface area contributed by atoms with Crippen LogP contribution in [0.1, 0.15) is 46.1 Å². The molecule has 1 aliphatic heterocycles. The van der Waals surface area contributed by atoms with Gasteiger partial charge in [0, 0.05) is 23.7 Å². The zero-order chi connectivity index (χ0) is 15.5. The molecule has 0 unspecified atom stereocenters. The van der Waals surface area contributed by atoms with Crippen LogP contribution in [0.2, 0.25) is 0 Å². The molecule has 0 atom stereocenters. The van der Waals surface area contributed by atoms with E-state index in [1.165, 1.54) is 5.57 Å². The van der Waals surface area contributed by atoms with E-state index in [4.69, 9.17) is 0 Å². The summed E-state index contributed by atoms with van der Waals surface area (Å²) in [5.41, 5.74) is 2.41. The molecule has 1 saturated heterocycles. The van der Waals surface area contributed by atoms with Gasteiger partial charge in [-0.15, -0.1) is 0 Å². The molecular weight excluding hydrogens is 260 g/mol. The van der Waals surface area contributed by atoms with Crippen LogP contribution in [0, 0.1) is 0 Å². The van der Waals surface area contributed by atoms with E-state index in [2.05, 4.69) is 38.3 Å². The van der Waals surface area contributed by atoms with Crippen molar-refractivity contribution in [2.75, 3.05) is 0 Å². The van der Waals surface area contributed by atoms with Crippen LogP contribution in [0.3, 0.4) is 0 Å². The second kappa shape index (κ2) is 6.02. The SMILES string of the molecule is CC1(C)CC(=CC(=O)NCc2ccccc2)CC(C)(C)N1. The van der Waals surface area contributed by atoms with Gasteiger partial charge in [-0.1, -0.05) is 35.9 Å². The first kappa shape index (κ1) is 15.8. The average molecular weight is 286 g/mol. The number of piperidine rings is 1. The largest absolute Gasteiger partial charge is 0.348 e. The Hall–Kier alpha value is -1.61. The lowest BCUT2D eigenvalue weighted by Crippen LogP contribution is -2.56. The molecule has 3 nitrogen and oxygen atoms in total. The highest BCUT2D eigenvalue weighted by Gasteiger charge is 2.34. The summed E-state index contributed by atoms with van der Waals surface area (Å²) in [6.45, 7) is 9.31. The van der Waals surface area contributed by atoms with Crippen LogP contribution in [0.4, 0.5) is 0 Å². The number of rotatable bonds is 3. The predicted molar refractivity (Wildman–Crippen MR) is 86.9 cm³/mol. The molecule has 0 spiro atoms. The quantitative estimate of drug-likeness (QED) is 0.838. The van der Waals surface area contributed by atoms with Gasteiger partial charge in [-0.3, -0.25) is 4.79 Å². The van der Waals surface area contributed by atoms with Crippen LogP contribution in [0.15, 0.2) is 42.0 Å². The summed E-state index contributed by atoms with van der Waals surface area (Å²) >= 11 is 0. The third kappa shape index (κ3) is 5.01. The fraction of sp³-hybridized carbons (Fsp3) is 0.500. The molecule has 0 saturated carbocycles. The van der Waals surface area contributed by atoms with Gasteiger partial charge in [-0.2, -0.15) is 0 Å². The van der Waals surface area contributed by atoms with Crippen molar-refractivity contribution in [3.05, 3.63) is 47.5 Å². The lowest BCUT2D eigenvalue weighted by molar-refractivity contribution is -0.116. The highest BCUT2D eigenvalue weighted by molar-refractivity contribution is 5.88. The first-order valence-electron chi connectivity index (χ1n) is 7.56. The minimum Gasteiger partial charge on any atom is -0.348 e. The fourth-order valence-electron chi connectivity index (χ4n) is 3.33. The van der Waals surface area contributed by atoms with Gasteiger partial charge < -0.3 is 10.6 Å². The summed E-state index contributed by atoms with van der Waals surface area (Å²) in [6, 6.07) is 9.98. The van der Waals surface area contributed by atoms with Crippen LogP contribution in [-0.2, 0) is 11.3 Å². The number of hydrogen-bond acceptors (Lipinski definition) is 2. The highest BCUT2D eigenvalue weighted by atomic mass is 16.1. The monoisotopic (exact) mass is 286 g/mol. The molecule has 0 aliphatic carbocycles. The van der Waals surface area contributed by atoms with Gasteiger partial charge in [0.15, 0.2) is 0 Å². The number of carbonyl (C=O) groups excluding carboxylic acids is 1. The molecule has 0 bridgehead atoms. The second-order valence-corrected chi connectivity index (χ2v) is 7.25. The van der Waals surface area contributed by atoms with Crippen LogP contribution in [0.25, 0.3) is 0 Å². The zero-order valence-corrected chi connectivity index (χ0v) is 13.5. The summed E-state index contributed by atoms with van der Waals surface area (Å²) in [6.07, 6.45) is 3.61. The van der Waals surface area contributed by atoms with Gasteiger partial charge in [0.2, 0.25) is 5.91 Å². The van der Waals surface area contributed by atoms with Crippen LogP contribution in [-0.4, -0.2) is 17.0 Å². The Labute approximate surface area is 127 Å². The van der Waals surface area contributed by atoms with Crippen molar-refractivity contribution < 1.29 is 4.79 Å². The zero-order valence-electron chi connectivity index (χ0n) is 13.5. The molecule has 3 heteroatoms. The summed E-state index contributed by atoms with van der Waals surface area (Å²) < 4.78 is 0. The Balaban J connectivity index is 1.97. The molecule has 2 rings (SSSR count). The molecule has 2 N–H and O–H groups in total. The Bertz CT molecular complexity index is 511. The van der Waals surface area contributed by atoms with E-state index < -0.39 is 0 Å². The van der Waals surface area contributed by atoms with E-state index >= 15 is 0 Å². The number of nitrogens with one attached hydrogen (secondary N) is 2. The first-order chi connectivity index (χ1) is 9.76. The van der Waals surface area contributed by atoms with E-state index in [1.807, 2.05) is 30.3 Å². The van der Waals surface area contributed by atoms with E-state index in [0.717, 1.165) is 18.4 Å². The van der Waals surface area contributed by atoms with Crippen LogP contribution in [0.5, 0.6) is 0 Å². The van der Waals surface area contributed by atoms with Crippen molar-refractivity contribution in [1.82, 2.24) is 10.6 Å². The molecule has 1 aliphatic rings. The van der Waals surface area contributed by atoms with Crippen molar-refractivity contribution >= 4 is 5.91 Å². The Morgan fingerprint density at radius 1 is 1.14 bits per heavy atom. The Kier molecular flexibility index (Phi) is 4.52. The van der Waals surface area contributed by atoms with Crippen molar-refractivity contribution in [3.8, 4) is 0 Å². The second-order valence-electron chi connectivity index (χ2n) is 7.25. The summed E-state index contributed by atoms with van der Waals surface area (Å²) in [5, 5.41) is 6.59. The molecule has 1 heterocycles. The third-order valence-electron chi connectivity index (χ3n) is 3.66. The molecule has 0 aromatic heterocycles. The lowest BCUT2D eigenvalue weighted by atomic mass is 9.79. The molecule has 0 radical (unpaired) electrons. The van der Waals surface area contributed by atoms with Crippen LogP contribution < -0.4 is 10.6 Å². The molecule has 21 heavy (non-hydrogen) atoms. The highest BCUT2D eigenvalue weighted by Crippen LogP contribution is 2.32. The number of carbonyl (C=O) groups is 1. The third-order valence-corrected chi connectivity index (χ3v) is 3.66. The minimum absolute atomic E-state index is 0.00218. The van der Waals surface area contributed by atoms with Gasteiger partial charge in [0.25, 0.3) is 0 Å². The van der Waals surface area contributed by atoms with E-state index in [9.17, 15) is 4.79 Å². The van der Waals surface area contributed by atoms with Crippen molar-refractivity contribution in [2.45, 2.75) is 58.2 Å². The standard InChI is InChI=1S/C18H26N2O/c1-17(2)11-15(12-18(3,4)20-17)10-16(21)19-13-14-8-6-5-7-9-14/h5-10,20H,11-13H2,1-4H3,(H,19,21). The van der Waals surface area contributed by atoms with Crippen molar-refractivity contribution in [3.63, 3.8) is 0 Å². The summed E-state index contributed by atoms with van der Waals surface area (Å²) in [5.74, 6) is 0.00218. The summed E-state index contributed by atoms with van der Waals surface area (Å²) in [7, 11) is 0. The van der Waals surface area contributed by atoms with Gasteiger partial charge in [-0.25, -0.2) is 0 Å². The van der Waals surface area contributed by atoms with Crippen LogP contribution >= 0.6 is 0 Å². The average Bonchev–Trinajstić information content (AvgIpc) is 2.33. The van der Waals surface area contributed by atoms with E-state index in [1.54, 1.807) is 6.08 Å².